The summed E-state index contributed by atoms with van der Waals surface area (Å²) in [6.07, 6.45) is 10.3. The standard InChI is InChI=1S/C15H24O4/c1-2-8-13(16)11-12-14(17)9-6-4-3-5-7-10-15(18)19/h8,11-12,16H,2-7,9-10H2,1H3,(H,18,19). The third kappa shape index (κ3) is 12.7. The lowest BCUT2D eigenvalue weighted by molar-refractivity contribution is -0.137. The number of carboxylic acids is 1. The Hall–Kier alpha value is -1.58. The van der Waals surface area contributed by atoms with E-state index in [0.717, 1.165) is 32.1 Å². The van der Waals surface area contributed by atoms with Gasteiger partial charge < -0.3 is 10.2 Å². The molecule has 0 amide bonds. The molecule has 0 aliphatic rings. The van der Waals surface area contributed by atoms with Gasteiger partial charge in [0.1, 0.15) is 5.76 Å². The molecular formula is C15H24O4. The number of carbonyl (C=O) groups excluding carboxylic acids is 1. The first-order valence-corrected chi connectivity index (χ1v) is 6.88. The topological polar surface area (TPSA) is 74.6 Å². The Labute approximate surface area is 114 Å². The van der Waals surface area contributed by atoms with Gasteiger partial charge in [0.2, 0.25) is 0 Å². The molecule has 0 aromatic heterocycles. The Morgan fingerprint density at radius 2 is 1.47 bits per heavy atom. The van der Waals surface area contributed by atoms with Gasteiger partial charge in [0.05, 0.1) is 0 Å². The van der Waals surface area contributed by atoms with E-state index in [1.54, 1.807) is 6.08 Å². The number of carbonyl (C=O) groups is 2. The van der Waals surface area contributed by atoms with E-state index in [-0.39, 0.29) is 18.0 Å². The van der Waals surface area contributed by atoms with Gasteiger partial charge in [-0.3, -0.25) is 9.59 Å². The van der Waals surface area contributed by atoms with Crippen molar-refractivity contribution in [2.75, 3.05) is 0 Å². The van der Waals surface area contributed by atoms with E-state index >= 15 is 0 Å². The van der Waals surface area contributed by atoms with Crippen molar-refractivity contribution in [2.24, 2.45) is 0 Å². The second kappa shape index (κ2) is 11.5. The number of ketones is 1. The summed E-state index contributed by atoms with van der Waals surface area (Å²) < 4.78 is 0. The molecule has 0 saturated carbocycles. The lowest BCUT2D eigenvalue weighted by atomic mass is 10.1. The highest BCUT2D eigenvalue weighted by Crippen LogP contribution is 2.08. The lowest BCUT2D eigenvalue weighted by Crippen LogP contribution is -1.95. The van der Waals surface area contributed by atoms with Crippen LogP contribution < -0.4 is 0 Å². The van der Waals surface area contributed by atoms with Gasteiger partial charge >= 0.3 is 5.97 Å². The van der Waals surface area contributed by atoms with Crippen LogP contribution in [0.2, 0.25) is 0 Å². The molecule has 0 spiro atoms. The smallest absolute Gasteiger partial charge is 0.303 e. The lowest BCUT2D eigenvalue weighted by Gasteiger charge is -1.99. The normalized spacial score (nSPS) is 11.9. The summed E-state index contributed by atoms with van der Waals surface area (Å²) in [5.41, 5.74) is 0. The van der Waals surface area contributed by atoms with Crippen LogP contribution in [0.25, 0.3) is 0 Å². The Balaban J connectivity index is 3.54. The van der Waals surface area contributed by atoms with Gasteiger partial charge in [-0.15, -0.1) is 0 Å². The average molecular weight is 268 g/mol. The van der Waals surface area contributed by atoms with Crippen LogP contribution in [0.15, 0.2) is 24.0 Å². The van der Waals surface area contributed by atoms with Crippen molar-refractivity contribution in [3.63, 3.8) is 0 Å². The van der Waals surface area contributed by atoms with Crippen LogP contribution in [0.1, 0.15) is 58.3 Å². The van der Waals surface area contributed by atoms with Crippen molar-refractivity contribution in [3.8, 4) is 0 Å². The van der Waals surface area contributed by atoms with Crippen molar-refractivity contribution in [1.82, 2.24) is 0 Å². The highest BCUT2D eigenvalue weighted by molar-refractivity contribution is 5.89. The van der Waals surface area contributed by atoms with Crippen molar-refractivity contribution in [1.29, 1.82) is 0 Å². The maximum atomic E-state index is 11.4. The zero-order chi connectivity index (χ0) is 14.5. The SMILES string of the molecule is CCC=C(O)C=CC(=O)CCCCCCCC(=O)O. The number of aliphatic carboxylic acids is 1. The van der Waals surface area contributed by atoms with E-state index in [1.807, 2.05) is 6.92 Å². The molecule has 0 aromatic carbocycles. The molecule has 0 atom stereocenters. The van der Waals surface area contributed by atoms with Gasteiger partial charge in [0.25, 0.3) is 0 Å². The Morgan fingerprint density at radius 1 is 0.895 bits per heavy atom. The van der Waals surface area contributed by atoms with Gasteiger partial charge in [0.15, 0.2) is 5.78 Å². The highest BCUT2D eigenvalue weighted by Gasteiger charge is 1.99. The summed E-state index contributed by atoms with van der Waals surface area (Å²) in [6, 6.07) is 0. The Kier molecular flexibility index (Phi) is 10.6. The number of unbranched alkanes of at least 4 members (excludes halogenated alkanes) is 4. The summed E-state index contributed by atoms with van der Waals surface area (Å²) in [5, 5.41) is 17.7. The number of rotatable bonds is 11. The van der Waals surface area contributed by atoms with Gasteiger partial charge in [-0.2, -0.15) is 0 Å². The minimum atomic E-state index is -0.750. The number of aliphatic hydroxyl groups excluding tert-OH is 1. The van der Waals surface area contributed by atoms with E-state index in [0.29, 0.717) is 12.8 Å². The van der Waals surface area contributed by atoms with Crippen LogP contribution in [0, 0.1) is 0 Å². The number of hydrogen-bond donors (Lipinski definition) is 2. The molecule has 0 heterocycles. The molecule has 0 bridgehead atoms. The molecule has 0 fully saturated rings. The first-order valence-electron chi connectivity index (χ1n) is 6.88. The van der Waals surface area contributed by atoms with Crippen LogP contribution in [0.5, 0.6) is 0 Å². The summed E-state index contributed by atoms with van der Waals surface area (Å²) in [4.78, 5) is 21.7. The fraction of sp³-hybridized carbons (Fsp3) is 0.600. The van der Waals surface area contributed by atoms with E-state index in [9.17, 15) is 14.7 Å². The summed E-state index contributed by atoms with van der Waals surface area (Å²) >= 11 is 0. The third-order valence-electron chi connectivity index (χ3n) is 2.67. The zero-order valence-corrected chi connectivity index (χ0v) is 11.6. The molecule has 0 aliphatic heterocycles. The quantitative estimate of drug-likeness (QED) is 0.259. The first-order chi connectivity index (χ1) is 9.06. The summed E-state index contributed by atoms with van der Waals surface area (Å²) in [6.45, 7) is 1.91. The Bertz CT molecular complexity index is 329. The largest absolute Gasteiger partial charge is 0.508 e. The second-order valence-corrected chi connectivity index (χ2v) is 4.50. The second-order valence-electron chi connectivity index (χ2n) is 4.50. The predicted molar refractivity (Wildman–Crippen MR) is 75.1 cm³/mol. The van der Waals surface area contributed by atoms with Crippen LogP contribution in [0.4, 0.5) is 0 Å². The summed E-state index contributed by atoms with van der Waals surface area (Å²) in [7, 11) is 0. The first kappa shape index (κ1) is 17.4. The monoisotopic (exact) mass is 268 g/mol. The fourth-order valence-electron chi connectivity index (χ4n) is 1.64. The molecular weight excluding hydrogens is 244 g/mol. The van der Waals surface area contributed by atoms with Crippen molar-refractivity contribution >= 4 is 11.8 Å². The van der Waals surface area contributed by atoms with Gasteiger partial charge in [0, 0.05) is 12.8 Å². The van der Waals surface area contributed by atoms with E-state index in [4.69, 9.17) is 5.11 Å². The van der Waals surface area contributed by atoms with E-state index in [1.165, 1.54) is 12.2 Å². The van der Waals surface area contributed by atoms with Gasteiger partial charge in [-0.05, 0) is 37.5 Å². The molecule has 0 aromatic rings. The molecule has 0 saturated heterocycles. The number of hydrogen-bond acceptors (Lipinski definition) is 3. The number of allylic oxidation sites excluding steroid dienone is 3. The molecule has 0 rings (SSSR count). The van der Waals surface area contributed by atoms with Crippen molar-refractivity contribution in [2.45, 2.75) is 58.3 Å². The molecule has 2 N–H and O–H groups in total. The molecule has 0 aliphatic carbocycles. The van der Waals surface area contributed by atoms with Crippen molar-refractivity contribution in [3.05, 3.63) is 24.0 Å². The van der Waals surface area contributed by atoms with E-state index in [2.05, 4.69) is 0 Å². The van der Waals surface area contributed by atoms with Crippen molar-refractivity contribution < 1.29 is 19.8 Å². The molecule has 108 valence electrons. The average Bonchev–Trinajstić information content (AvgIpc) is 2.35. The molecule has 19 heavy (non-hydrogen) atoms. The Morgan fingerprint density at radius 3 is 2.05 bits per heavy atom. The molecule has 0 unspecified atom stereocenters. The number of carboxylic acid groups (broad SMARTS) is 1. The number of aliphatic hydroxyl groups is 1. The van der Waals surface area contributed by atoms with Gasteiger partial charge in [-0.25, -0.2) is 0 Å². The maximum absolute atomic E-state index is 11.4. The van der Waals surface area contributed by atoms with Crippen LogP contribution in [-0.2, 0) is 9.59 Å². The molecule has 4 nitrogen and oxygen atoms in total. The predicted octanol–water partition coefficient (Wildman–Crippen LogP) is 3.78. The van der Waals surface area contributed by atoms with Gasteiger partial charge in [-0.1, -0.05) is 26.2 Å². The molecule has 4 heteroatoms. The third-order valence-corrected chi connectivity index (χ3v) is 2.67. The summed E-state index contributed by atoms with van der Waals surface area (Å²) in [5.74, 6) is -0.605. The maximum Gasteiger partial charge on any atom is 0.303 e. The minimum Gasteiger partial charge on any atom is -0.508 e. The zero-order valence-electron chi connectivity index (χ0n) is 11.6. The fourth-order valence-corrected chi connectivity index (χ4v) is 1.64. The van der Waals surface area contributed by atoms with Crippen LogP contribution in [-0.4, -0.2) is 22.0 Å². The van der Waals surface area contributed by atoms with E-state index < -0.39 is 5.97 Å². The minimum absolute atomic E-state index is 0.0154. The molecule has 0 radical (unpaired) electrons. The van der Waals surface area contributed by atoms with Crippen LogP contribution >= 0.6 is 0 Å². The highest BCUT2D eigenvalue weighted by atomic mass is 16.4. The van der Waals surface area contributed by atoms with Crippen LogP contribution in [0.3, 0.4) is 0 Å².